The second-order valence-electron chi connectivity index (χ2n) is 4.54. The average molecular weight is 236 g/mol. The van der Waals surface area contributed by atoms with E-state index in [4.69, 9.17) is 10.5 Å². The van der Waals surface area contributed by atoms with Crippen molar-refractivity contribution >= 4 is 11.6 Å². The summed E-state index contributed by atoms with van der Waals surface area (Å²) in [5, 5.41) is 0. The molecule has 0 saturated heterocycles. The molecular formula is C13H20N2O2. The lowest BCUT2D eigenvalue weighted by Gasteiger charge is -2.20. The molecule has 0 radical (unpaired) electrons. The van der Waals surface area contributed by atoms with Gasteiger partial charge in [-0.2, -0.15) is 0 Å². The van der Waals surface area contributed by atoms with Crippen LogP contribution in [0.5, 0.6) is 5.75 Å². The summed E-state index contributed by atoms with van der Waals surface area (Å²) in [6, 6.07) is 5.07. The van der Waals surface area contributed by atoms with Crippen LogP contribution >= 0.6 is 0 Å². The fourth-order valence-electron chi connectivity index (χ4n) is 1.72. The van der Waals surface area contributed by atoms with Crippen molar-refractivity contribution in [1.82, 2.24) is 4.90 Å². The smallest absolute Gasteiger partial charge is 0.257 e. The minimum absolute atomic E-state index is 0.0458. The number of hydrogen-bond donors (Lipinski definition) is 1. The maximum Gasteiger partial charge on any atom is 0.257 e. The van der Waals surface area contributed by atoms with Crippen LogP contribution in [0.25, 0.3) is 0 Å². The largest absolute Gasteiger partial charge is 0.496 e. The predicted octanol–water partition coefficient (Wildman–Crippen LogP) is 2.01. The van der Waals surface area contributed by atoms with Crippen molar-refractivity contribution in [2.75, 3.05) is 26.4 Å². The lowest BCUT2D eigenvalue weighted by atomic mass is 10.1. The van der Waals surface area contributed by atoms with E-state index in [-0.39, 0.29) is 5.91 Å². The summed E-state index contributed by atoms with van der Waals surface area (Å²) in [4.78, 5) is 13.9. The summed E-state index contributed by atoms with van der Waals surface area (Å²) in [7, 11) is 3.33. The molecule has 17 heavy (non-hydrogen) atoms. The van der Waals surface area contributed by atoms with Crippen molar-refractivity contribution < 1.29 is 9.53 Å². The molecule has 0 spiro atoms. The highest BCUT2D eigenvalue weighted by atomic mass is 16.5. The Bertz CT molecular complexity index is 402. The third-order valence-electron chi connectivity index (χ3n) is 2.44. The number of benzene rings is 1. The van der Waals surface area contributed by atoms with Gasteiger partial charge < -0.3 is 15.4 Å². The van der Waals surface area contributed by atoms with Gasteiger partial charge in [-0.3, -0.25) is 4.79 Å². The summed E-state index contributed by atoms with van der Waals surface area (Å²) >= 11 is 0. The van der Waals surface area contributed by atoms with E-state index < -0.39 is 0 Å². The van der Waals surface area contributed by atoms with Gasteiger partial charge in [-0.1, -0.05) is 13.8 Å². The first-order valence-electron chi connectivity index (χ1n) is 5.64. The Morgan fingerprint density at radius 1 is 1.47 bits per heavy atom. The van der Waals surface area contributed by atoms with Crippen molar-refractivity contribution in [3.63, 3.8) is 0 Å². The van der Waals surface area contributed by atoms with Crippen LogP contribution in [0, 0.1) is 5.92 Å². The molecule has 0 unspecified atom stereocenters. The fourth-order valence-corrected chi connectivity index (χ4v) is 1.72. The van der Waals surface area contributed by atoms with E-state index in [1.165, 1.54) is 7.11 Å². The third-order valence-corrected chi connectivity index (χ3v) is 2.44. The summed E-state index contributed by atoms with van der Waals surface area (Å²) < 4.78 is 5.17. The highest BCUT2D eigenvalue weighted by molar-refractivity contribution is 5.97. The molecule has 2 N–H and O–H groups in total. The first-order valence-corrected chi connectivity index (χ1v) is 5.64. The van der Waals surface area contributed by atoms with Gasteiger partial charge in [0.15, 0.2) is 0 Å². The van der Waals surface area contributed by atoms with Gasteiger partial charge in [0.1, 0.15) is 5.75 Å². The minimum atomic E-state index is -0.0458. The van der Waals surface area contributed by atoms with Crippen molar-refractivity contribution in [3.05, 3.63) is 23.8 Å². The van der Waals surface area contributed by atoms with Crippen molar-refractivity contribution in [2.45, 2.75) is 13.8 Å². The quantitative estimate of drug-likeness (QED) is 0.813. The molecular weight excluding hydrogens is 216 g/mol. The monoisotopic (exact) mass is 236 g/mol. The predicted molar refractivity (Wildman–Crippen MR) is 69.2 cm³/mol. The Morgan fingerprint density at radius 2 is 2.12 bits per heavy atom. The summed E-state index contributed by atoms with van der Waals surface area (Å²) in [6.07, 6.45) is 0. The number of carbonyl (C=O) groups is 1. The molecule has 0 aliphatic rings. The topological polar surface area (TPSA) is 55.6 Å². The second-order valence-corrected chi connectivity index (χ2v) is 4.54. The zero-order valence-corrected chi connectivity index (χ0v) is 10.9. The molecule has 4 nitrogen and oxygen atoms in total. The lowest BCUT2D eigenvalue weighted by molar-refractivity contribution is 0.0776. The zero-order valence-electron chi connectivity index (χ0n) is 10.9. The third kappa shape index (κ3) is 3.37. The van der Waals surface area contributed by atoms with Crippen molar-refractivity contribution in [1.29, 1.82) is 0 Å². The number of nitrogen functional groups attached to an aromatic ring is 1. The first-order chi connectivity index (χ1) is 7.95. The number of rotatable bonds is 4. The molecule has 1 amide bonds. The van der Waals surface area contributed by atoms with Crippen LogP contribution in [-0.2, 0) is 0 Å². The van der Waals surface area contributed by atoms with E-state index in [1.807, 2.05) is 0 Å². The highest BCUT2D eigenvalue weighted by Gasteiger charge is 2.17. The van der Waals surface area contributed by atoms with Gasteiger partial charge >= 0.3 is 0 Å². The number of nitrogens with zero attached hydrogens (tertiary/aromatic N) is 1. The molecule has 94 valence electrons. The number of hydrogen-bond acceptors (Lipinski definition) is 3. The summed E-state index contributed by atoms with van der Waals surface area (Å²) in [5.41, 5.74) is 6.79. The van der Waals surface area contributed by atoms with E-state index in [0.29, 0.717) is 29.5 Å². The normalized spacial score (nSPS) is 10.4. The lowest BCUT2D eigenvalue weighted by Crippen LogP contribution is -2.30. The Kier molecular flexibility index (Phi) is 4.37. The SMILES string of the molecule is COc1cc(N)ccc1C(=O)N(C)CC(C)C. The first kappa shape index (κ1) is 13.4. The number of carbonyl (C=O) groups excluding carboxylic acids is 1. The molecule has 1 aromatic carbocycles. The molecule has 0 bridgehead atoms. The van der Waals surface area contributed by atoms with E-state index in [1.54, 1.807) is 30.1 Å². The van der Waals surface area contributed by atoms with Crippen LogP contribution < -0.4 is 10.5 Å². The van der Waals surface area contributed by atoms with Gasteiger partial charge in [-0.15, -0.1) is 0 Å². The highest BCUT2D eigenvalue weighted by Crippen LogP contribution is 2.22. The van der Waals surface area contributed by atoms with Crippen LogP contribution in [-0.4, -0.2) is 31.5 Å². The van der Waals surface area contributed by atoms with E-state index in [2.05, 4.69) is 13.8 Å². The van der Waals surface area contributed by atoms with Gasteiger partial charge in [0.05, 0.1) is 12.7 Å². The van der Waals surface area contributed by atoms with Crippen molar-refractivity contribution in [3.8, 4) is 5.75 Å². The van der Waals surface area contributed by atoms with Gasteiger partial charge in [0, 0.05) is 25.3 Å². The Balaban J connectivity index is 2.95. The van der Waals surface area contributed by atoms with Crippen LogP contribution in [0.2, 0.25) is 0 Å². The second kappa shape index (κ2) is 5.57. The number of nitrogens with two attached hydrogens (primary N) is 1. The maximum absolute atomic E-state index is 12.2. The van der Waals surface area contributed by atoms with E-state index in [9.17, 15) is 4.79 Å². The van der Waals surface area contributed by atoms with Gasteiger partial charge in [-0.25, -0.2) is 0 Å². The van der Waals surface area contributed by atoms with Gasteiger partial charge in [-0.05, 0) is 18.1 Å². The summed E-state index contributed by atoms with van der Waals surface area (Å²) in [6.45, 7) is 4.86. The molecule has 0 fully saturated rings. The minimum Gasteiger partial charge on any atom is -0.496 e. The number of methoxy groups -OCH3 is 1. The molecule has 0 aliphatic heterocycles. The van der Waals surface area contributed by atoms with E-state index in [0.717, 1.165) is 0 Å². The van der Waals surface area contributed by atoms with Crippen LogP contribution in [0.3, 0.4) is 0 Å². The average Bonchev–Trinajstić information content (AvgIpc) is 2.27. The Labute approximate surface area is 102 Å². The number of ether oxygens (including phenoxy) is 1. The van der Waals surface area contributed by atoms with E-state index >= 15 is 0 Å². The van der Waals surface area contributed by atoms with Gasteiger partial charge in [0.25, 0.3) is 5.91 Å². The Hall–Kier alpha value is -1.71. The summed E-state index contributed by atoms with van der Waals surface area (Å²) in [5.74, 6) is 0.907. The number of anilines is 1. The molecule has 4 heteroatoms. The molecule has 1 rings (SSSR count). The molecule has 0 saturated carbocycles. The van der Waals surface area contributed by atoms with Gasteiger partial charge in [0.2, 0.25) is 0 Å². The fraction of sp³-hybridized carbons (Fsp3) is 0.462. The molecule has 0 heterocycles. The van der Waals surface area contributed by atoms with Crippen LogP contribution in [0.1, 0.15) is 24.2 Å². The standard InChI is InChI=1S/C13H20N2O2/c1-9(2)8-15(3)13(16)11-6-5-10(14)7-12(11)17-4/h5-7,9H,8,14H2,1-4H3. The van der Waals surface area contributed by atoms with Crippen LogP contribution in [0.4, 0.5) is 5.69 Å². The molecule has 0 atom stereocenters. The molecule has 1 aromatic rings. The Morgan fingerprint density at radius 3 is 2.65 bits per heavy atom. The maximum atomic E-state index is 12.2. The van der Waals surface area contributed by atoms with Crippen molar-refractivity contribution in [2.24, 2.45) is 5.92 Å². The number of amides is 1. The zero-order chi connectivity index (χ0) is 13.0. The van der Waals surface area contributed by atoms with Crippen LogP contribution in [0.15, 0.2) is 18.2 Å². The molecule has 0 aromatic heterocycles. The molecule has 0 aliphatic carbocycles.